The van der Waals surface area contributed by atoms with E-state index in [0.717, 1.165) is 30.6 Å². The summed E-state index contributed by atoms with van der Waals surface area (Å²) < 4.78 is 33.8. The number of nitrogens with one attached hydrogen (secondary N) is 1. The summed E-state index contributed by atoms with van der Waals surface area (Å²) in [6.45, 7) is 1.33. The summed E-state index contributed by atoms with van der Waals surface area (Å²) in [6.07, 6.45) is 5.13. The van der Waals surface area contributed by atoms with Gasteiger partial charge in [0.05, 0.1) is 11.4 Å². The Labute approximate surface area is 175 Å². The number of aromatic nitrogens is 2. The van der Waals surface area contributed by atoms with Gasteiger partial charge in [0.25, 0.3) is 15.9 Å². The molecule has 0 spiro atoms. The minimum atomic E-state index is -3.69. The van der Waals surface area contributed by atoms with Gasteiger partial charge < -0.3 is 9.73 Å². The van der Waals surface area contributed by atoms with Crippen LogP contribution in [-0.4, -0.2) is 48.0 Å². The zero-order valence-corrected chi connectivity index (χ0v) is 17.3. The number of amides is 1. The summed E-state index contributed by atoms with van der Waals surface area (Å²) in [5, 5.41) is 7.06. The van der Waals surface area contributed by atoms with Crippen LogP contribution in [0.4, 0.5) is 0 Å². The van der Waals surface area contributed by atoms with Crippen molar-refractivity contribution in [3.8, 4) is 5.69 Å². The first-order valence-corrected chi connectivity index (χ1v) is 11.5. The third-order valence-corrected chi connectivity index (χ3v) is 6.82. The lowest BCUT2D eigenvalue weighted by molar-refractivity contribution is 0.0920. The second-order valence-corrected chi connectivity index (χ2v) is 9.05. The molecule has 9 heteroatoms. The largest absolute Gasteiger partial charge is 0.438 e. The Bertz CT molecular complexity index is 1100. The van der Waals surface area contributed by atoms with Gasteiger partial charge in [0.1, 0.15) is 0 Å². The van der Waals surface area contributed by atoms with Crippen molar-refractivity contribution in [1.29, 1.82) is 0 Å². The highest BCUT2D eigenvalue weighted by Crippen LogP contribution is 2.22. The topological polar surface area (TPSA) is 97.4 Å². The van der Waals surface area contributed by atoms with Crippen LogP contribution < -0.4 is 5.32 Å². The molecular weight excluding hydrogens is 404 g/mol. The van der Waals surface area contributed by atoms with E-state index in [1.807, 2.05) is 42.6 Å². The molecule has 4 rings (SSSR count). The molecule has 0 radical (unpaired) electrons. The van der Waals surface area contributed by atoms with E-state index in [0.29, 0.717) is 26.1 Å². The normalized spacial score (nSPS) is 15.2. The Morgan fingerprint density at radius 1 is 1.03 bits per heavy atom. The van der Waals surface area contributed by atoms with Gasteiger partial charge in [0, 0.05) is 32.3 Å². The van der Waals surface area contributed by atoms with Crippen molar-refractivity contribution in [1.82, 2.24) is 19.4 Å². The smallest absolute Gasteiger partial charge is 0.287 e. The number of sulfonamides is 1. The van der Waals surface area contributed by atoms with E-state index in [2.05, 4.69) is 10.4 Å². The average Bonchev–Trinajstić information content (AvgIpc) is 3.45. The number of rotatable bonds is 7. The van der Waals surface area contributed by atoms with Gasteiger partial charge in [-0.15, -0.1) is 0 Å². The van der Waals surface area contributed by atoms with Crippen molar-refractivity contribution in [2.45, 2.75) is 30.8 Å². The number of hydrogen-bond donors (Lipinski definition) is 1. The Morgan fingerprint density at radius 2 is 1.80 bits per heavy atom. The van der Waals surface area contributed by atoms with Crippen LogP contribution in [0.25, 0.3) is 5.69 Å². The molecule has 8 nitrogen and oxygen atoms in total. The molecule has 1 aliphatic heterocycles. The Kier molecular flexibility index (Phi) is 6.01. The highest BCUT2D eigenvalue weighted by molar-refractivity contribution is 7.89. The van der Waals surface area contributed by atoms with Gasteiger partial charge >= 0.3 is 0 Å². The fourth-order valence-electron chi connectivity index (χ4n) is 3.42. The highest BCUT2D eigenvalue weighted by Gasteiger charge is 2.29. The van der Waals surface area contributed by atoms with Gasteiger partial charge in [-0.2, -0.15) is 9.40 Å². The minimum absolute atomic E-state index is 0.0135. The van der Waals surface area contributed by atoms with E-state index in [1.165, 1.54) is 16.4 Å². The number of carbonyl (C=O) groups excluding carboxylic acids is 1. The second kappa shape index (κ2) is 8.85. The van der Waals surface area contributed by atoms with Gasteiger partial charge in [-0.25, -0.2) is 13.1 Å². The van der Waals surface area contributed by atoms with Crippen LogP contribution in [0, 0.1) is 0 Å². The Morgan fingerprint density at radius 3 is 2.57 bits per heavy atom. The van der Waals surface area contributed by atoms with Crippen LogP contribution in [0.15, 0.2) is 64.2 Å². The predicted molar refractivity (Wildman–Crippen MR) is 111 cm³/mol. The van der Waals surface area contributed by atoms with Crippen molar-refractivity contribution < 1.29 is 17.6 Å². The summed E-state index contributed by atoms with van der Waals surface area (Å²) in [5.74, 6) is -0.460. The standard InChI is InChI=1S/C21H24N4O4S/c26-21(19-9-10-20(29-19)30(27,28)24-14-5-2-6-15-24)22-13-11-17-12-16-25(23-17)18-7-3-1-4-8-18/h1,3-4,7-10,12,16H,2,5-6,11,13-15H2,(H,22,26). The third kappa shape index (κ3) is 4.47. The summed E-state index contributed by atoms with van der Waals surface area (Å²) in [7, 11) is -3.69. The Balaban J connectivity index is 1.32. The summed E-state index contributed by atoms with van der Waals surface area (Å²) in [4.78, 5) is 12.3. The molecular formula is C21H24N4O4S. The molecule has 3 heterocycles. The van der Waals surface area contributed by atoms with E-state index >= 15 is 0 Å². The first-order valence-electron chi connectivity index (χ1n) is 10.0. The molecule has 1 fully saturated rings. The molecule has 3 aromatic rings. The van der Waals surface area contributed by atoms with Crippen molar-refractivity contribution in [2.24, 2.45) is 0 Å². The van der Waals surface area contributed by atoms with Crippen molar-refractivity contribution in [2.75, 3.05) is 19.6 Å². The zero-order chi connectivity index (χ0) is 21.0. The minimum Gasteiger partial charge on any atom is -0.438 e. The van der Waals surface area contributed by atoms with Crippen LogP contribution in [0.1, 0.15) is 35.5 Å². The van der Waals surface area contributed by atoms with Crippen LogP contribution in [0.5, 0.6) is 0 Å². The fourth-order valence-corrected chi connectivity index (χ4v) is 4.85. The van der Waals surface area contributed by atoms with Gasteiger partial charge in [0.15, 0.2) is 5.76 Å². The average molecular weight is 429 g/mol. The number of para-hydroxylation sites is 1. The Hall–Kier alpha value is -2.91. The van der Waals surface area contributed by atoms with E-state index in [4.69, 9.17) is 4.42 Å². The van der Waals surface area contributed by atoms with Crippen LogP contribution in [-0.2, 0) is 16.4 Å². The first kappa shape index (κ1) is 20.4. The highest BCUT2D eigenvalue weighted by atomic mass is 32.2. The van der Waals surface area contributed by atoms with Crippen LogP contribution >= 0.6 is 0 Å². The number of piperidine rings is 1. The third-order valence-electron chi connectivity index (χ3n) is 5.05. The molecule has 0 saturated carbocycles. The summed E-state index contributed by atoms with van der Waals surface area (Å²) in [6, 6.07) is 14.4. The van der Waals surface area contributed by atoms with Crippen LogP contribution in [0.3, 0.4) is 0 Å². The molecule has 1 aromatic carbocycles. The molecule has 2 aromatic heterocycles. The molecule has 1 aliphatic rings. The molecule has 1 amide bonds. The molecule has 158 valence electrons. The summed E-state index contributed by atoms with van der Waals surface area (Å²) in [5.41, 5.74) is 1.80. The van der Waals surface area contributed by atoms with Gasteiger partial charge in [-0.3, -0.25) is 4.79 Å². The fraction of sp³-hybridized carbons (Fsp3) is 0.333. The number of furan rings is 1. The number of hydrogen-bond acceptors (Lipinski definition) is 5. The predicted octanol–water partition coefficient (Wildman–Crippen LogP) is 2.61. The van der Waals surface area contributed by atoms with Gasteiger partial charge in [-0.05, 0) is 43.2 Å². The van der Waals surface area contributed by atoms with E-state index < -0.39 is 15.9 Å². The van der Waals surface area contributed by atoms with Gasteiger partial charge in [0.2, 0.25) is 5.09 Å². The molecule has 0 bridgehead atoms. The number of benzene rings is 1. The van der Waals surface area contributed by atoms with Gasteiger partial charge in [-0.1, -0.05) is 24.6 Å². The second-order valence-electron chi connectivity index (χ2n) is 7.18. The summed E-state index contributed by atoms with van der Waals surface area (Å²) >= 11 is 0. The zero-order valence-electron chi connectivity index (χ0n) is 16.5. The lowest BCUT2D eigenvalue weighted by Gasteiger charge is -2.24. The van der Waals surface area contributed by atoms with Crippen molar-refractivity contribution >= 4 is 15.9 Å². The van der Waals surface area contributed by atoms with E-state index in [9.17, 15) is 13.2 Å². The van der Waals surface area contributed by atoms with E-state index in [1.54, 1.807) is 4.68 Å². The molecule has 1 saturated heterocycles. The van der Waals surface area contributed by atoms with Crippen LogP contribution in [0.2, 0.25) is 0 Å². The maximum absolute atomic E-state index is 12.6. The SMILES string of the molecule is O=C(NCCc1ccn(-c2ccccc2)n1)c1ccc(S(=O)(=O)N2CCCCC2)o1. The molecule has 0 atom stereocenters. The first-order chi connectivity index (χ1) is 14.5. The lowest BCUT2D eigenvalue weighted by Crippen LogP contribution is -2.35. The number of carbonyl (C=O) groups is 1. The maximum atomic E-state index is 12.6. The van der Waals surface area contributed by atoms with Crippen molar-refractivity contribution in [3.05, 3.63) is 66.2 Å². The van der Waals surface area contributed by atoms with Crippen molar-refractivity contribution in [3.63, 3.8) is 0 Å². The van der Waals surface area contributed by atoms with E-state index in [-0.39, 0.29) is 10.9 Å². The maximum Gasteiger partial charge on any atom is 0.287 e. The monoisotopic (exact) mass is 428 g/mol. The molecule has 30 heavy (non-hydrogen) atoms. The quantitative estimate of drug-likeness (QED) is 0.624. The molecule has 1 N–H and O–H groups in total. The molecule has 0 unspecified atom stereocenters. The number of nitrogens with zero attached hydrogens (tertiary/aromatic N) is 3. The lowest BCUT2D eigenvalue weighted by atomic mass is 10.2. The molecule has 0 aliphatic carbocycles.